The Balaban J connectivity index is 2.26. The number of aryl methyl sites for hydroxylation is 1. The maximum Gasteiger partial charge on any atom is 0.527 e. The molecule has 0 unspecified atom stereocenters. The Morgan fingerprint density at radius 1 is 0.741 bits per heavy atom. The van der Waals surface area contributed by atoms with Crippen molar-refractivity contribution < 1.29 is 49.0 Å². The first kappa shape index (κ1) is 20.9. The van der Waals surface area contributed by atoms with Crippen LogP contribution in [0, 0.1) is 18.6 Å². The van der Waals surface area contributed by atoms with Crippen LogP contribution in [0.15, 0.2) is 36.4 Å². The molecule has 0 saturated heterocycles. The minimum Gasteiger partial charge on any atom is -0.429 e. The van der Waals surface area contributed by atoms with E-state index in [0.29, 0.717) is 36.4 Å². The number of benzene rings is 2. The lowest BCUT2D eigenvalue weighted by Gasteiger charge is -2.21. The zero-order valence-corrected chi connectivity index (χ0v) is 13.2. The Bertz CT molecular complexity index is 791. The summed E-state index contributed by atoms with van der Waals surface area (Å²) < 4.78 is 125. The second-order valence-electron chi connectivity index (χ2n) is 5.31. The second-order valence-corrected chi connectivity index (χ2v) is 5.31. The first-order valence-corrected chi connectivity index (χ1v) is 6.99. The third-order valence-electron chi connectivity index (χ3n) is 3.16. The molecule has 0 aliphatic heterocycles. The number of ether oxygens (including phenoxy) is 2. The summed E-state index contributed by atoms with van der Waals surface area (Å²) >= 11 is 0. The van der Waals surface area contributed by atoms with Gasteiger partial charge in [0.05, 0.1) is 5.56 Å². The minimum atomic E-state index is -5.65. The monoisotopic (exact) mass is 404 g/mol. The van der Waals surface area contributed by atoms with Crippen LogP contribution in [0.5, 0.6) is 5.75 Å². The molecule has 0 aliphatic carbocycles. The quantitative estimate of drug-likeness (QED) is 0.571. The molecule has 0 radical (unpaired) electrons. The molecule has 2 aromatic carbocycles. The van der Waals surface area contributed by atoms with Gasteiger partial charge >= 0.3 is 18.6 Å². The van der Waals surface area contributed by atoms with E-state index in [1.54, 1.807) is 0 Å². The van der Waals surface area contributed by atoms with Crippen LogP contribution in [0.2, 0.25) is 0 Å². The molecule has 0 amide bonds. The van der Waals surface area contributed by atoms with Crippen molar-refractivity contribution in [3.63, 3.8) is 0 Å². The maximum atomic E-state index is 14.0. The molecule has 0 heterocycles. The molecule has 0 fully saturated rings. The molecule has 0 N–H and O–H groups in total. The molecule has 2 nitrogen and oxygen atoms in total. The lowest BCUT2D eigenvalue weighted by atomic mass is 10.1. The predicted molar refractivity (Wildman–Crippen MR) is 73.1 cm³/mol. The number of alkyl halides is 7. The second kappa shape index (κ2) is 6.95. The highest BCUT2D eigenvalue weighted by Crippen LogP contribution is 2.39. The van der Waals surface area contributed by atoms with E-state index in [2.05, 4.69) is 9.47 Å². The van der Waals surface area contributed by atoms with Crippen LogP contribution >= 0.6 is 0 Å². The van der Waals surface area contributed by atoms with E-state index in [0.717, 1.165) is 0 Å². The highest BCUT2D eigenvalue weighted by Gasteiger charge is 2.46. The Kier molecular flexibility index (Phi) is 5.37. The van der Waals surface area contributed by atoms with Gasteiger partial charge in [-0.3, -0.25) is 0 Å². The first-order valence-electron chi connectivity index (χ1n) is 6.99. The highest BCUT2D eigenvalue weighted by molar-refractivity contribution is 5.32. The third-order valence-corrected chi connectivity index (χ3v) is 3.16. The largest absolute Gasteiger partial charge is 0.527 e. The topological polar surface area (TPSA) is 18.5 Å². The van der Waals surface area contributed by atoms with Gasteiger partial charge in [0.15, 0.2) is 0 Å². The molecule has 0 aliphatic rings. The van der Waals surface area contributed by atoms with Crippen molar-refractivity contribution in [2.75, 3.05) is 0 Å². The van der Waals surface area contributed by atoms with E-state index in [1.807, 2.05) is 0 Å². The van der Waals surface area contributed by atoms with Gasteiger partial charge in [0.1, 0.15) is 22.9 Å². The van der Waals surface area contributed by atoms with Crippen molar-refractivity contribution in [3.8, 4) is 5.75 Å². The molecular formula is C16H9F9O2. The minimum absolute atomic E-state index is 0.0285. The molecule has 148 valence electrons. The van der Waals surface area contributed by atoms with Gasteiger partial charge in [-0.1, -0.05) is 0 Å². The number of hydrogen-bond acceptors (Lipinski definition) is 2. The standard InChI is InChI=1S/C16H9F9O2/c1-8-6-11(17)13(12(18)7-8)15(21,22)26-10-4-2-9(3-5-10)14(19,20)27-16(23,24)25/h2-7H,1H3. The van der Waals surface area contributed by atoms with E-state index in [-0.39, 0.29) is 5.56 Å². The lowest BCUT2D eigenvalue weighted by molar-refractivity contribution is -0.431. The normalized spacial score (nSPS) is 13.0. The predicted octanol–water partition coefficient (Wildman–Crippen LogP) is 5.99. The Labute approximate surface area is 146 Å². The van der Waals surface area contributed by atoms with Crippen LogP contribution in [-0.4, -0.2) is 6.36 Å². The van der Waals surface area contributed by atoms with Crippen LogP contribution in [-0.2, 0) is 17.0 Å². The number of hydrogen-bond donors (Lipinski definition) is 0. The van der Waals surface area contributed by atoms with Gasteiger partial charge in [0, 0.05) is 0 Å². The summed E-state index contributed by atoms with van der Waals surface area (Å²) in [6, 6.07) is 2.88. The molecular weight excluding hydrogens is 395 g/mol. The number of rotatable bonds is 5. The Hall–Kier alpha value is -2.43. The summed E-state index contributed by atoms with van der Waals surface area (Å²) in [4.78, 5) is 0. The van der Waals surface area contributed by atoms with Gasteiger partial charge in [0.25, 0.3) is 0 Å². The average Bonchev–Trinajstić information content (AvgIpc) is 2.43. The van der Waals surface area contributed by atoms with Crippen LogP contribution in [0.1, 0.15) is 16.7 Å². The molecule has 2 rings (SSSR count). The van der Waals surface area contributed by atoms with Crippen LogP contribution in [0.3, 0.4) is 0 Å². The molecule has 0 aromatic heterocycles. The average molecular weight is 404 g/mol. The van der Waals surface area contributed by atoms with E-state index < -0.39 is 47.1 Å². The molecule has 11 heteroatoms. The van der Waals surface area contributed by atoms with Crippen LogP contribution in [0.25, 0.3) is 0 Å². The van der Waals surface area contributed by atoms with Gasteiger partial charge in [-0.25, -0.2) is 13.5 Å². The van der Waals surface area contributed by atoms with E-state index in [4.69, 9.17) is 0 Å². The first-order chi connectivity index (χ1) is 12.2. The van der Waals surface area contributed by atoms with Gasteiger partial charge < -0.3 is 4.74 Å². The smallest absolute Gasteiger partial charge is 0.429 e. The lowest BCUT2D eigenvalue weighted by Crippen LogP contribution is -2.28. The summed E-state index contributed by atoms with van der Waals surface area (Å²) in [7, 11) is 0. The van der Waals surface area contributed by atoms with E-state index >= 15 is 0 Å². The highest BCUT2D eigenvalue weighted by atomic mass is 19.4. The van der Waals surface area contributed by atoms with Gasteiger partial charge in [-0.05, 0) is 48.9 Å². The Morgan fingerprint density at radius 3 is 1.67 bits per heavy atom. The molecule has 0 bridgehead atoms. The van der Waals surface area contributed by atoms with Crippen molar-refractivity contribution in [1.29, 1.82) is 0 Å². The van der Waals surface area contributed by atoms with Gasteiger partial charge in [-0.2, -0.15) is 17.6 Å². The summed E-state index contributed by atoms with van der Waals surface area (Å²) in [5, 5.41) is 0. The van der Waals surface area contributed by atoms with Crippen LogP contribution < -0.4 is 4.74 Å². The third kappa shape index (κ3) is 5.06. The van der Waals surface area contributed by atoms with Crippen molar-refractivity contribution in [3.05, 3.63) is 64.7 Å². The van der Waals surface area contributed by atoms with Crippen LogP contribution in [0.4, 0.5) is 39.5 Å². The fourth-order valence-corrected chi connectivity index (χ4v) is 2.10. The van der Waals surface area contributed by atoms with Crippen molar-refractivity contribution in [2.45, 2.75) is 25.5 Å². The molecule has 2 aromatic rings. The van der Waals surface area contributed by atoms with Crippen molar-refractivity contribution in [2.24, 2.45) is 0 Å². The van der Waals surface area contributed by atoms with E-state index in [9.17, 15) is 39.5 Å². The van der Waals surface area contributed by atoms with Crippen molar-refractivity contribution in [1.82, 2.24) is 0 Å². The fourth-order valence-electron chi connectivity index (χ4n) is 2.10. The summed E-state index contributed by atoms with van der Waals surface area (Å²) in [5.74, 6) is -4.02. The van der Waals surface area contributed by atoms with Crippen molar-refractivity contribution >= 4 is 0 Å². The van der Waals surface area contributed by atoms with Gasteiger partial charge in [-0.15, -0.1) is 13.2 Å². The summed E-state index contributed by atoms with van der Waals surface area (Å²) in [6.07, 6.45) is -14.9. The maximum absolute atomic E-state index is 14.0. The SMILES string of the molecule is Cc1cc(F)c(C(F)(F)Oc2ccc(C(F)(F)OC(F)(F)F)cc2)c(F)c1. The summed E-state index contributed by atoms with van der Waals surface area (Å²) in [5.41, 5.74) is -2.98. The fraction of sp³-hybridized carbons (Fsp3) is 0.250. The zero-order chi connectivity index (χ0) is 20.6. The van der Waals surface area contributed by atoms with Gasteiger partial charge in [0.2, 0.25) is 0 Å². The molecule has 0 saturated carbocycles. The zero-order valence-electron chi connectivity index (χ0n) is 13.2. The van der Waals surface area contributed by atoms with E-state index in [1.165, 1.54) is 6.92 Å². The molecule has 0 spiro atoms. The molecule has 0 atom stereocenters. The number of halogens is 9. The Morgan fingerprint density at radius 2 is 1.22 bits per heavy atom. The summed E-state index contributed by atoms with van der Waals surface area (Å²) in [6.45, 7) is 1.26. The molecule has 27 heavy (non-hydrogen) atoms.